The van der Waals surface area contributed by atoms with Gasteiger partial charge in [0.1, 0.15) is 0 Å². The van der Waals surface area contributed by atoms with Crippen LogP contribution in [0, 0.1) is 0 Å². The molecule has 1 aliphatic rings. The van der Waals surface area contributed by atoms with Crippen molar-refractivity contribution >= 4 is 23.2 Å². The van der Waals surface area contributed by atoms with Crippen LogP contribution < -0.4 is 10.2 Å². The maximum Gasteiger partial charge on any atom is 0.272 e. The average Bonchev–Trinajstić information content (AvgIpc) is 3.01. The second-order valence-corrected chi connectivity index (χ2v) is 8.42. The number of carbonyl (C=O) groups excluding carboxylic acids is 2. The number of benzodiazepines with no additional fused rings is 1. The third-order valence-corrected chi connectivity index (χ3v) is 6.20. The molecule has 0 aromatic heterocycles. The highest BCUT2D eigenvalue weighted by molar-refractivity contribution is 6.20. The Kier molecular flexibility index (Phi) is 6.22. The first-order chi connectivity index (χ1) is 17.1. The van der Waals surface area contributed by atoms with Crippen LogP contribution in [0.2, 0.25) is 0 Å². The van der Waals surface area contributed by atoms with E-state index in [2.05, 4.69) is 5.32 Å². The molecule has 4 aromatic rings. The monoisotopic (exact) mass is 459 g/mol. The van der Waals surface area contributed by atoms with Gasteiger partial charge in [-0.1, -0.05) is 109 Å². The normalized spacial score (nSPS) is 15.3. The lowest BCUT2D eigenvalue weighted by Gasteiger charge is -2.23. The van der Waals surface area contributed by atoms with Crippen molar-refractivity contribution in [2.24, 2.45) is 4.99 Å². The molecule has 1 atom stereocenters. The molecule has 5 heteroatoms. The quantitative estimate of drug-likeness (QED) is 0.467. The number of aliphatic imine (C=N–C) groups is 1. The van der Waals surface area contributed by atoms with Gasteiger partial charge in [0.25, 0.3) is 5.91 Å². The average molecular weight is 460 g/mol. The SMILES string of the molecule is CN1C(=O)C(NC(=O)C(c2ccccc2)c2ccccc2)N=C(c2ccccc2)c2ccccc21. The van der Waals surface area contributed by atoms with E-state index in [1.165, 1.54) is 0 Å². The van der Waals surface area contributed by atoms with E-state index in [0.29, 0.717) is 5.71 Å². The van der Waals surface area contributed by atoms with Gasteiger partial charge in [-0.3, -0.25) is 9.59 Å². The molecular weight excluding hydrogens is 434 g/mol. The molecule has 2 amide bonds. The van der Waals surface area contributed by atoms with Crippen LogP contribution in [0.5, 0.6) is 0 Å². The van der Waals surface area contributed by atoms with Crippen molar-refractivity contribution in [1.29, 1.82) is 0 Å². The number of rotatable bonds is 5. The van der Waals surface area contributed by atoms with Crippen LogP contribution in [0.15, 0.2) is 120 Å². The Morgan fingerprint density at radius 2 is 1.29 bits per heavy atom. The zero-order valence-electron chi connectivity index (χ0n) is 19.3. The van der Waals surface area contributed by atoms with E-state index in [4.69, 9.17) is 4.99 Å². The summed E-state index contributed by atoms with van der Waals surface area (Å²) in [5.41, 5.74) is 4.83. The minimum Gasteiger partial charge on any atom is -0.326 e. The molecule has 1 aliphatic heterocycles. The van der Waals surface area contributed by atoms with E-state index in [1.54, 1.807) is 11.9 Å². The molecule has 0 saturated heterocycles. The third-order valence-electron chi connectivity index (χ3n) is 6.20. The highest BCUT2D eigenvalue weighted by Gasteiger charge is 2.33. The Labute approximate surface area is 204 Å². The number of hydrogen-bond donors (Lipinski definition) is 1. The molecule has 0 radical (unpaired) electrons. The lowest BCUT2D eigenvalue weighted by atomic mass is 9.90. The van der Waals surface area contributed by atoms with Crippen LogP contribution in [0.3, 0.4) is 0 Å². The van der Waals surface area contributed by atoms with Crippen LogP contribution in [0.1, 0.15) is 28.2 Å². The largest absolute Gasteiger partial charge is 0.326 e. The number of likely N-dealkylation sites (N-methyl/N-ethyl adjacent to an activating group) is 1. The Morgan fingerprint density at radius 1 is 0.771 bits per heavy atom. The van der Waals surface area contributed by atoms with Crippen LogP contribution in [-0.4, -0.2) is 30.7 Å². The molecular formula is C30H25N3O2. The minimum absolute atomic E-state index is 0.281. The molecule has 172 valence electrons. The molecule has 1 heterocycles. The number of fused-ring (bicyclic) bond motifs is 1. The standard InChI is InChI=1S/C30H25N3O2/c1-33-25-20-12-11-19-24(25)27(23-17-9-4-10-18-23)31-28(30(33)35)32-29(34)26(21-13-5-2-6-14-21)22-15-7-3-8-16-22/h2-20,26,28H,1H3,(H,32,34). The summed E-state index contributed by atoms with van der Waals surface area (Å²) in [6.07, 6.45) is -1.06. The van der Waals surface area contributed by atoms with Crippen molar-refractivity contribution in [3.8, 4) is 0 Å². The van der Waals surface area contributed by atoms with E-state index in [0.717, 1.165) is 27.9 Å². The molecule has 35 heavy (non-hydrogen) atoms. The van der Waals surface area contributed by atoms with Gasteiger partial charge in [-0.25, -0.2) is 4.99 Å². The summed E-state index contributed by atoms with van der Waals surface area (Å²) < 4.78 is 0. The lowest BCUT2D eigenvalue weighted by Crippen LogP contribution is -2.47. The Bertz CT molecular complexity index is 1330. The van der Waals surface area contributed by atoms with Gasteiger partial charge >= 0.3 is 0 Å². The number of amides is 2. The smallest absolute Gasteiger partial charge is 0.272 e. The molecule has 0 fully saturated rings. The Morgan fingerprint density at radius 3 is 1.89 bits per heavy atom. The Hall–Kier alpha value is -4.51. The van der Waals surface area contributed by atoms with Gasteiger partial charge in [-0.2, -0.15) is 0 Å². The first-order valence-electron chi connectivity index (χ1n) is 11.5. The van der Waals surface area contributed by atoms with Crippen molar-refractivity contribution in [1.82, 2.24) is 5.32 Å². The molecule has 1 unspecified atom stereocenters. The summed E-state index contributed by atoms with van der Waals surface area (Å²) in [5, 5.41) is 2.95. The minimum atomic E-state index is -1.06. The number of anilines is 1. The number of nitrogens with zero attached hydrogens (tertiary/aromatic N) is 2. The predicted octanol–water partition coefficient (Wildman–Crippen LogP) is 4.77. The number of benzene rings is 4. The van der Waals surface area contributed by atoms with Crippen molar-refractivity contribution in [2.75, 3.05) is 11.9 Å². The molecule has 0 aliphatic carbocycles. The van der Waals surface area contributed by atoms with Gasteiger partial charge in [-0.15, -0.1) is 0 Å². The van der Waals surface area contributed by atoms with Gasteiger partial charge in [-0.05, 0) is 17.2 Å². The van der Waals surface area contributed by atoms with Crippen molar-refractivity contribution in [3.63, 3.8) is 0 Å². The van der Waals surface area contributed by atoms with Crippen LogP contribution in [-0.2, 0) is 9.59 Å². The lowest BCUT2D eigenvalue weighted by molar-refractivity contribution is -0.127. The van der Waals surface area contributed by atoms with E-state index in [-0.39, 0.29) is 11.8 Å². The van der Waals surface area contributed by atoms with Gasteiger partial charge in [0.05, 0.1) is 17.3 Å². The second kappa shape index (κ2) is 9.77. The summed E-state index contributed by atoms with van der Waals surface area (Å²) >= 11 is 0. The maximum absolute atomic E-state index is 13.7. The Balaban J connectivity index is 1.57. The van der Waals surface area contributed by atoms with Gasteiger partial charge < -0.3 is 10.2 Å². The van der Waals surface area contributed by atoms with E-state index < -0.39 is 12.1 Å². The molecule has 0 saturated carbocycles. The first kappa shape index (κ1) is 22.3. The molecule has 5 rings (SSSR count). The fraction of sp³-hybridized carbons (Fsp3) is 0.100. The topological polar surface area (TPSA) is 61.8 Å². The number of para-hydroxylation sites is 1. The van der Waals surface area contributed by atoms with Crippen LogP contribution in [0.25, 0.3) is 0 Å². The molecule has 0 bridgehead atoms. The number of carbonyl (C=O) groups is 2. The zero-order valence-corrected chi connectivity index (χ0v) is 19.3. The van der Waals surface area contributed by atoms with E-state index in [9.17, 15) is 9.59 Å². The van der Waals surface area contributed by atoms with Gasteiger partial charge in [0.15, 0.2) is 0 Å². The molecule has 0 spiro atoms. The van der Waals surface area contributed by atoms with Crippen molar-refractivity contribution in [3.05, 3.63) is 138 Å². The summed E-state index contributed by atoms with van der Waals surface area (Å²) in [6, 6.07) is 36.6. The second-order valence-electron chi connectivity index (χ2n) is 8.42. The maximum atomic E-state index is 13.7. The summed E-state index contributed by atoms with van der Waals surface area (Å²) in [6.45, 7) is 0. The van der Waals surface area contributed by atoms with Gasteiger partial charge in [0.2, 0.25) is 12.1 Å². The molecule has 1 N–H and O–H groups in total. The number of hydrogen-bond acceptors (Lipinski definition) is 3. The molecule has 4 aromatic carbocycles. The van der Waals surface area contributed by atoms with E-state index in [1.807, 2.05) is 115 Å². The van der Waals surface area contributed by atoms with Crippen LogP contribution >= 0.6 is 0 Å². The van der Waals surface area contributed by atoms with Crippen molar-refractivity contribution in [2.45, 2.75) is 12.1 Å². The van der Waals surface area contributed by atoms with Crippen LogP contribution in [0.4, 0.5) is 5.69 Å². The van der Waals surface area contributed by atoms with E-state index >= 15 is 0 Å². The zero-order chi connectivity index (χ0) is 24.2. The summed E-state index contributed by atoms with van der Waals surface area (Å²) in [5.74, 6) is -1.15. The highest BCUT2D eigenvalue weighted by atomic mass is 16.2. The van der Waals surface area contributed by atoms with Gasteiger partial charge in [0, 0.05) is 18.2 Å². The summed E-state index contributed by atoms with van der Waals surface area (Å²) in [4.78, 5) is 33.7. The fourth-order valence-electron chi connectivity index (χ4n) is 4.45. The predicted molar refractivity (Wildman–Crippen MR) is 139 cm³/mol. The van der Waals surface area contributed by atoms with Crippen molar-refractivity contribution < 1.29 is 9.59 Å². The fourth-order valence-corrected chi connectivity index (χ4v) is 4.45. The molecule has 5 nitrogen and oxygen atoms in total. The number of nitrogens with one attached hydrogen (secondary N) is 1. The first-order valence-corrected chi connectivity index (χ1v) is 11.5. The summed E-state index contributed by atoms with van der Waals surface area (Å²) in [7, 11) is 1.72. The third kappa shape index (κ3) is 4.49. The highest BCUT2D eigenvalue weighted by Crippen LogP contribution is 2.29.